The highest BCUT2D eigenvalue weighted by molar-refractivity contribution is 4.91. The van der Waals surface area contributed by atoms with Gasteiger partial charge >= 0.3 is 0 Å². The molecule has 2 aliphatic heterocycles. The molecule has 0 aromatic carbocycles. The van der Waals surface area contributed by atoms with Crippen LogP contribution in [0.2, 0.25) is 0 Å². The van der Waals surface area contributed by atoms with Crippen LogP contribution in [-0.4, -0.2) is 49.7 Å². The quantitative estimate of drug-likeness (QED) is 0.783. The molecule has 2 heterocycles. The first-order valence-corrected chi connectivity index (χ1v) is 8.20. The molecule has 0 radical (unpaired) electrons. The van der Waals surface area contributed by atoms with Gasteiger partial charge in [-0.15, -0.1) is 0 Å². The number of hydrogen-bond acceptors (Lipinski definition) is 4. The van der Waals surface area contributed by atoms with Crippen LogP contribution in [0.15, 0.2) is 0 Å². The van der Waals surface area contributed by atoms with Crippen LogP contribution in [-0.2, 0) is 9.47 Å². The van der Waals surface area contributed by atoms with Crippen molar-refractivity contribution in [2.75, 3.05) is 33.0 Å². The topological polar surface area (TPSA) is 50.7 Å². The fourth-order valence-corrected chi connectivity index (χ4v) is 3.40. The fraction of sp³-hybridized carbons (Fsp3) is 1.00. The Labute approximate surface area is 123 Å². The molecule has 0 amide bonds. The van der Waals surface area contributed by atoms with Crippen molar-refractivity contribution < 1.29 is 14.6 Å². The highest BCUT2D eigenvalue weighted by atomic mass is 16.5. The van der Waals surface area contributed by atoms with E-state index in [0.29, 0.717) is 17.9 Å². The molecule has 2 unspecified atom stereocenters. The van der Waals surface area contributed by atoms with Crippen LogP contribution >= 0.6 is 0 Å². The Morgan fingerprint density at radius 3 is 2.65 bits per heavy atom. The van der Waals surface area contributed by atoms with Gasteiger partial charge in [-0.05, 0) is 50.5 Å². The molecule has 0 aromatic rings. The van der Waals surface area contributed by atoms with Crippen molar-refractivity contribution in [1.29, 1.82) is 0 Å². The van der Waals surface area contributed by atoms with Crippen molar-refractivity contribution in [3.05, 3.63) is 0 Å². The standard InChI is InChI=1S/C16H31NO3/c1-13(2)15-11-14(3-8-20-15)12-17-16(4-7-18)5-9-19-10-6-16/h13-15,17-18H,3-12H2,1-2H3. The third kappa shape index (κ3) is 4.42. The molecule has 2 N–H and O–H groups in total. The van der Waals surface area contributed by atoms with Gasteiger partial charge in [0.1, 0.15) is 0 Å². The Hall–Kier alpha value is -0.160. The van der Waals surface area contributed by atoms with Gasteiger partial charge in [-0.1, -0.05) is 13.8 Å². The summed E-state index contributed by atoms with van der Waals surface area (Å²) in [5, 5.41) is 13.1. The third-order valence-electron chi connectivity index (χ3n) is 4.97. The number of aliphatic hydroxyl groups excluding tert-OH is 1. The van der Waals surface area contributed by atoms with Gasteiger partial charge in [0.25, 0.3) is 0 Å². The third-order valence-corrected chi connectivity index (χ3v) is 4.97. The van der Waals surface area contributed by atoms with Gasteiger partial charge in [0.15, 0.2) is 0 Å². The first-order chi connectivity index (χ1) is 9.65. The summed E-state index contributed by atoms with van der Waals surface area (Å²) < 4.78 is 11.3. The Kier molecular flexibility index (Phi) is 6.27. The van der Waals surface area contributed by atoms with Crippen LogP contribution in [0.25, 0.3) is 0 Å². The Morgan fingerprint density at radius 1 is 1.25 bits per heavy atom. The molecular weight excluding hydrogens is 254 g/mol. The average molecular weight is 285 g/mol. The lowest BCUT2D eigenvalue weighted by Crippen LogP contribution is -2.52. The summed E-state index contributed by atoms with van der Waals surface area (Å²) in [6.45, 7) is 8.32. The van der Waals surface area contributed by atoms with Crippen molar-refractivity contribution in [3.63, 3.8) is 0 Å². The van der Waals surface area contributed by atoms with Gasteiger partial charge in [0.2, 0.25) is 0 Å². The van der Waals surface area contributed by atoms with Gasteiger partial charge in [0.05, 0.1) is 6.10 Å². The normalized spacial score (nSPS) is 30.6. The molecule has 0 bridgehead atoms. The highest BCUT2D eigenvalue weighted by Gasteiger charge is 2.33. The second-order valence-corrected chi connectivity index (χ2v) is 6.79. The van der Waals surface area contributed by atoms with E-state index in [2.05, 4.69) is 19.2 Å². The molecule has 2 atom stereocenters. The van der Waals surface area contributed by atoms with Crippen LogP contribution in [0.3, 0.4) is 0 Å². The van der Waals surface area contributed by atoms with Crippen LogP contribution in [0.1, 0.15) is 46.0 Å². The minimum absolute atomic E-state index is 0.0959. The molecule has 4 heteroatoms. The van der Waals surface area contributed by atoms with Gasteiger partial charge in [-0.2, -0.15) is 0 Å². The molecule has 2 rings (SSSR count). The summed E-state index contributed by atoms with van der Waals surface area (Å²) in [4.78, 5) is 0. The zero-order chi connectivity index (χ0) is 14.4. The molecular formula is C16H31NO3. The van der Waals surface area contributed by atoms with Crippen LogP contribution < -0.4 is 5.32 Å². The smallest absolute Gasteiger partial charge is 0.0601 e. The van der Waals surface area contributed by atoms with Crippen molar-refractivity contribution in [1.82, 2.24) is 5.32 Å². The first kappa shape index (κ1) is 16.2. The van der Waals surface area contributed by atoms with Crippen molar-refractivity contribution >= 4 is 0 Å². The summed E-state index contributed by atoms with van der Waals surface area (Å²) in [5.74, 6) is 1.31. The van der Waals surface area contributed by atoms with Gasteiger partial charge in [-0.3, -0.25) is 0 Å². The van der Waals surface area contributed by atoms with E-state index in [1.165, 1.54) is 0 Å². The Bertz CT molecular complexity index is 271. The molecule has 118 valence electrons. The minimum atomic E-state index is 0.0959. The van der Waals surface area contributed by atoms with Gasteiger partial charge < -0.3 is 19.9 Å². The monoisotopic (exact) mass is 285 g/mol. The number of aliphatic hydroxyl groups is 1. The number of ether oxygens (including phenoxy) is 2. The molecule has 2 fully saturated rings. The SMILES string of the molecule is CC(C)C1CC(CNC2(CCO)CCOCC2)CCO1. The van der Waals surface area contributed by atoms with Crippen molar-refractivity contribution in [2.45, 2.75) is 57.6 Å². The summed E-state index contributed by atoms with van der Waals surface area (Å²) in [6, 6.07) is 0. The number of hydrogen-bond donors (Lipinski definition) is 2. The molecule has 0 aromatic heterocycles. The van der Waals surface area contributed by atoms with Crippen LogP contribution in [0.4, 0.5) is 0 Å². The lowest BCUT2D eigenvalue weighted by Gasteiger charge is -2.40. The maximum atomic E-state index is 9.33. The van der Waals surface area contributed by atoms with Crippen molar-refractivity contribution in [3.8, 4) is 0 Å². The van der Waals surface area contributed by atoms with E-state index < -0.39 is 0 Å². The van der Waals surface area contributed by atoms with E-state index in [1.54, 1.807) is 0 Å². The molecule has 20 heavy (non-hydrogen) atoms. The van der Waals surface area contributed by atoms with E-state index >= 15 is 0 Å². The maximum absolute atomic E-state index is 9.33. The zero-order valence-corrected chi connectivity index (χ0v) is 13.1. The summed E-state index contributed by atoms with van der Waals surface area (Å²) in [5.41, 5.74) is 0.0959. The van der Waals surface area contributed by atoms with E-state index in [-0.39, 0.29) is 12.1 Å². The largest absolute Gasteiger partial charge is 0.396 e. The molecule has 0 saturated carbocycles. The lowest BCUT2D eigenvalue weighted by molar-refractivity contribution is -0.0375. The maximum Gasteiger partial charge on any atom is 0.0601 e. The number of nitrogens with one attached hydrogen (secondary N) is 1. The Morgan fingerprint density at radius 2 is 2.00 bits per heavy atom. The van der Waals surface area contributed by atoms with Crippen molar-refractivity contribution in [2.24, 2.45) is 11.8 Å². The molecule has 0 spiro atoms. The van der Waals surface area contributed by atoms with E-state index in [0.717, 1.165) is 58.5 Å². The van der Waals surface area contributed by atoms with E-state index in [4.69, 9.17) is 9.47 Å². The second-order valence-electron chi connectivity index (χ2n) is 6.79. The van der Waals surface area contributed by atoms with Crippen LogP contribution in [0.5, 0.6) is 0 Å². The second kappa shape index (κ2) is 7.74. The lowest BCUT2D eigenvalue weighted by atomic mass is 9.84. The highest BCUT2D eigenvalue weighted by Crippen LogP contribution is 2.28. The molecule has 0 aliphatic carbocycles. The fourth-order valence-electron chi connectivity index (χ4n) is 3.40. The van der Waals surface area contributed by atoms with E-state index in [9.17, 15) is 5.11 Å². The number of rotatable bonds is 6. The molecule has 2 aliphatic rings. The molecule has 4 nitrogen and oxygen atoms in total. The molecule has 2 saturated heterocycles. The first-order valence-electron chi connectivity index (χ1n) is 8.20. The zero-order valence-electron chi connectivity index (χ0n) is 13.1. The minimum Gasteiger partial charge on any atom is -0.396 e. The summed E-state index contributed by atoms with van der Waals surface area (Å²) >= 11 is 0. The Balaban J connectivity index is 1.82. The van der Waals surface area contributed by atoms with Gasteiger partial charge in [0, 0.05) is 32.0 Å². The average Bonchev–Trinajstić information content (AvgIpc) is 2.47. The van der Waals surface area contributed by atoms with Gasteiger partial charge in [-0.25, -0.2) is 0 Å². The summed E-state index contributed by atoms with van der Waals surface area (Å²) in [6.07, 6.45) is 5.61. The van der Waals surface area contributed by atoms with Crippen LogP contribution in [0, 0.1) is 11.8 Å². The van der Waals surface area contributed by atoms with E-state index in [1.807, 2.05) is 0 Å². The predicted molar refractivity (Wildman–Crippen MR) is 79.8 cm³/mol. The predicted octanol–water partition coefficient (Wildman–Crippen LogP) is 1.96. The summed E-state index contributed by atoms with van der Waals surface area (Å²) in [7, 11) is 0.